The molecule has 0 aliphatic carbocycles. The molecule has 0 aromatic heterocycles. The number of hydrogen-bond acceptors (Lipinski definition) is 0. The first kappa shape index (κ1) is 9.62. The van der Waals surface area contributed by atoms with Crippen LogP contribution in [-0.4, -0.2) is 60.4 Å². The molecule has 0 rings (SSSR count). The van der Waals surface area contributed by atoms with Crippen LogP contribution in [0.3, 0.4) is 0 Å². The van der Waals surface area contributed by atoms with Crippen molar-refractivity contribution in [1.29, 1.82) is 0 Å². The van der Waals surface area contributed by atoms with Crippen molar-refractivity contribution in [2.75, 3.05) is 0 Å². The Balaban J connectivity index is 0. The standard InChI is InChI=1S/GeH4.Sb.H3Si.H2Te.H/h1H4;;1H3;1H2;/q;+1;;;/p-1. The maximum absolute atomic E-state index is 2.08. The second-order valence-corrected chi connectivity index (χ2v) is 30.2. The molecule has 0 heterocycles. The van der Waals surface area contributed by atoms with Gasteiger partial charge in [0.15, 0.2) is 0 Å². The minimum atomic E-state index is 0. The van der Waals surface area contributed by atoms with E-state index in [1.54, 1.807) is 7.66 Å². The van der Waals surface area contributed by atoms with Crippen molar-refractivity contribution >= 4 is 60.4 Å². The summed E-state index contributed by atoms with van der Waals surface area (Å²) in [6.07, 6.45) is 0. The molecule has 0 atom stereocenters. The van der Waals surface area contributed by atoms with Crippen LogP contribution in [-0.2, 0) is 0 Å². The van der Waals surface area contributed by atoms with E-state index in [0.29, 0.717) is 16.9 Å². The Morgan fingerprint density at radius 1 is 1.75 bits per heavy atom. The van der Waals surface area contributed by atoms with Crippen LogP contribution in [0.5, 0.6) is 0 Å². The van der Waals surface area contributed by atoms with Gasteiger partial charge in [0.05, 0.1) is 0 Å². The molecule has 0 aromatic rings. The second kappa shape index (κ2) is 9.03. The maximum atomic E-state index is 2.08. The Kier molecular flexibility index (Phi) is 21.7. The predicted molar refractivity (Wildman–Crippen MR) is 35.6 cm³/mol. The van der Waals surface area contributed by atoms with Crippen molar-refractivity contribution in [2.24, 2.45) is 0 Å². The van der Waals surface area contributed by atoms with Gasteiger partial charge in [-0.25, -0.2) is 0 Å². The van der Waals surface area contributed by atoms with E-state index in [1.165, 1.54) is 0 Å². The molecule has 0 aromatic carbocycles. The molecule has 0 aliphatic rings. The molecule has 0 N–H and O–H groups in total. The molecule has 0 nitrogen and oxygen atoms in total. The van der Waals surface area contributed by atoms with Crippen molar-refractivity contribution in [3.63, 3.8) is 0 Å². The Bertz CT molecular complexity index is 8.00. The van der Waals surface area contributed by atoms with Crippen molar-refractivity contribution in [2.45, 2.75) is 0 Å². The molecule has 0 amide bonds. The van der Waals surface area contributed by atoms with Crippen LogP contribution in [0.1, 0.15) is 0 Å². The van der Waals surface area contributed by atoms with Crippen molar-refractivity contribution in [1.82, 2.24) is 0 Å². The Hall–Kier alpha value is 2.37. The van der Waals surface area contributed by atoms with E-state index < -0.39 is 0 Å². The molecule has 28 valence electrons. The summed E-state index contributed by atoms with van der Waals surface area (Å²) < 4.78 is 0. The summed E-state index contributed by atoms with van der Waals surface area (Å²) >= 11 is 2.50. The summed E-state index contributed by atoms with van der Waals surface area (Å²) in [6, 6.07) is 0. The van der Waals surface area contributed by atoms with E-state index in [1.807, 2.05) is 0 Å². The van der Waals surface area contributed by atoms with Gasteiger partial charge in [-0.2, -0.15) is 0 Å². The second-order valence-electron chi connectivity index (χ2n) is 0.224. The van der Waals surface area contributed by atoms with Gasteiger partial charge in [-0.05, 0) is 0 Å². The normalized spacial score (nSPS) is 5.25. The zero-order valence-corrected chi connectivity index (χ0v) is 9.35. The predicted octanol–water partition coefficient (Wildman–Crippen LogP) is -3.93. The fraction of sp³-hybridized carbons (Fsp3) is 0. The SMILES string of the molecule is [GeH4].[SiH3][SbH][TeH]. The molecule has 0 aliphatic heterocycles. The van der Waals surface area contributed by atoms with Crippen LogP contribution in [0.4, 0.5) is 0 Å². The third-order valence-electron chi connectivity index (χ3n) is 0. The number of hydrogen-bond donors (Lipinski definition) is 0. The first-order chi connectivity index (χ1) is 1.41. The van der Waals surface area contributed by atoms with E-state index in [4.69, 9.17) is 0 Å². The molecular weight excluding hydrogens is 350 g/mol. The quantitative estimate of drug-likeness (QED) is 0.388. The monoisotopic (exact) mass is 362 g/mol. The first-order valence-corrected chi connectivity index (χ1v) is 20.1. The van der Waals surface area contributed by atoms with Crippen LogP contribution in [0.2, 0.25) is 0 Å². The summed E-state index contributed by atoms with van der Waals surface area (Å²) in [5.41, 5.74) is 0. The molecule has 0 unspecified atom stereocenters. The molecule has 0 bridgehead atoms. The van der Waals surface area contributed by atoms with E-state index in [2.05, 4.69) is 18.2 Å². The van der Waals surface area contributed by atoms with Gasteiger partial charge in [0.1, 0.15) is 0 Å². The van der Waals surface area contributed by atoms with Crippen LogP contribution < -0.4 is 0 Å². The summed E-state index contributed by atoms with van der Waals surface area (Å²) in [4.78, 5) is 0. The molecule has 0 spiro atoms. The van der Waals surface area contributed by atoms with Gasteiger partial charge < -0.3 is 0 Å². The zero-order valence-electron chi connectivity index (χ0n) is 1.95. The molecular formula is H9GeSbSiTe. The summed E-state index contributed by atoms with van der Waals surface area (Å²) in [7, 11) is 1.56. The number of rotatable bonds is 0. The van der Waals surface area contributed by atoms with E-state index in [-0.39, 0.29) is 17.6 Å². The minimum absolute atomic E-state index is 0. The van der Waals surface area contributed by atoms with Gasteiger partial charge >= 0.3 is 60.4 Å². The van der Waals surface area contributed by atoms with E-state index in [0.717, 1.165) is 0 Å². The fourth-order valence-corrected chi connectivity index (χ4v) is 0. The summed E-state index contributed by atoms with van der Waals surface area (Å²) in [5, 5.41) is 0. The van der Waals surface area contributed by atoms with Gasteiger partial charge in [0.2, 0.25) is 0 Å². The van der Waals surface area contributed by atoms with Gasteiger partial charge in [0, 0.05) is 0 Å². The Morgan fingerprint density at radius 2 is 1.75 bits per heavy atom. The van der Waals surface area contributed by atoms with Crippen LogP contribution in [0, 0.1) is 0 Å². The average Bonchev–Trinajstić information content (AvgIpc) is 0.918. The van der Waals surface area contributed by atoms with E-state index in [9.17, 15) is 0 Å². The van der Waals surface area contributed by atoms with Crippen LogP contribution in [0.15, 0.2) is 0 Å². The van der Waals surface area contributed by atoms with Crippen molar-refractivity contribution in [3.8, 4) is 0 Å². The van der Waals surface area contributed by atoms with Crippen molar-refractivity contribution in [3.05, 3.63) is 0 Å². The fourth-order valence-electron chi connectivity index (χ4n) is 0. The molecule has 4 heteroatoms. The van der Waals surface area contributed by atoms with E-state index >= 15 is 0 Å². The summed E-state index contributed by atoms with van der Waals surface area (Å²) in [6.45, 7) is 0. The van der Waals surface area contributed by atoms with Gasteiger partial charge in [0.25, 0.3) is 0 Å². The Labute approximate surface area is 59.4 Å². The van der Waals surface area contributed by atoms with Crippen LogP contribution in [0.25, 0.3) is 0 Å². The third-order valence-corrected chi connectivity index (χ3v) is 0. The van der Waals surface area contributed by atoms with Gasteiger partial charge in [-0.15, -0.1) is 0 Å². The first-order valence-electron chi connectivity index (χ1n) is 0.724. The molecule has 0 fully saturated rings. The topological polar surface area (TPSA) is 0 Å². The molecule has 0 radical (unpaired) electrons. The average molecular weight is 359 g/mol. The molecule has 4 heavy (non-hydrogen) atoms. The summed E-state index contributed by atoms with van der Waals surface area (Å²) in [5.74, 6) is 0. The van der Waals surface area contributed by atoms with Crippen LogP contribution >= 0.6 is 0 Å². The molecule has 0 saturated heterocycles. The van der Waals surface area contributed by atoms with Gasteiger partial charge in [-0.1, -0.05) is 0 Å². The van der Waals surface area contributed by atoms with Gasteiger partial charge in [-0.3, -0.25) is 0 Å². The van der Waals surface area contributed by atoms with Crippen molar-refractivity contribution < 1.29 is 0 Å². The third kappa shape index (κ3) is 8.84. The zero-order chi connectivity index (χ0) is 2.71. The molecule has 0 saturated carbocycles. The Morgan fingerprint density at radius 3 is 1.75 bits per heavy atom.